The van der Waals surface area contributed by atoms with Crippen LogP contribution in [0.3, 0.4) is 0 Å². The molecule has 0 rings (SSSR count). The van der Waals surface area contributed by atoms with Crippen molar-refractivity contribution in [3.05, 3.63) is 12.2 Å². The van der Waals surface area contributed by atoms with Gasteiger partial charge in [0, 0.05) is 12.8 Å². The zero-order valence-corrected chi connectivity index (χ0v) is 25.3. The Morgan fingerprint density at radius 1 is 0.361 bits per heavy atom. The van der Waals surface area contributed by atoms with Crippen LogP contribution in [0.1, 0.15) is 206 Å². The van der Waals surface area contributed by atoms with Gasteiger partial charge in [-0.1, -0.05) is 167 Å². The minimum Gasteiger partial charge on any atom is -0.300 e. The summed E-state index contributed by atoms with van der Waals surface area (Å²) in [5.41, 5.74) is 0. The van der Waals surface area contributed by atoms with Crippen LogP contribution in [0, 0.1) is 0 Å². The fourth-order valence-electron chi connectivity index (χ4n) is 5.21. The van der Waals surface area contributed by atoms with E-state index in [9.17, 15) is 4.79 Å². The molecule has 0 aliphatic rings. The smallest absolute Gasteiger partial charge is 0.132 e. The van der Waals surface area contributed by atoms with Gasteiger partial charge in [-0.25, -0.2) is 0 Å². The van der Waals surface area contributed by atoms with Gasteiger partial charge in [0.15, 0.2) is 0 Å². The van der Waals surface area contributed by atoms with Crippen LogP contribution in [0.5, 0.6) is 0 Å². The molecule has 214 valence electrons. The van der Waals surface area contributed by atoms with Crippen molar-refractivity contribution in [2.24, 2.45) is 0 Å². The molecule has 36 heavy (non-hydrogen) atoms. The number of unbranched alkanes of at least 4 members (excludes halogenated alkanes) is 25. The highest BCUT2D eigenvalue weighted by Crippen LogP contribution is 2.15. The molecule has 0 fully saturated rings. The summed E-state index contributed by atoms with van der Waals surface area (Å²) in [6.07, 6.45) is 44.5. The van der Waals surface area contributed by atoms with E-state index in [1.807, 2.05) is 0 Å². The Bertz CT molecular complexity index is 438. The maximum absolute atomic E-state index is 12.1. The Hall–Kier alpha value is -0.590. The normalized spacial score (nSPS) is 11.6. The first-order valence-electron chi connectivity index (χ1n) is 17.0. The summed E-state index contributed by atoms with van der Waals surface area (Å²) in [4.78, 5) is 12.1. The molecule has 0 aliphatic heterocycles. The van der Waals surface area contributed by atoms with Gasteiger partial charge in [0.05, 0.1) is 0 Å². The summed E-state index contributed by atoms with van der Waals surface area (Å²) in [7, 11) is 0. The van der Waals surface area contributed by atoms with Gasteiger partial charge in [0.25, 0.3) is 0 Å². The van der Waals surface area contributed by atoms with Gasteiger partial charge in [-0.2, -0.15) is 0 Å². The van der Waals surface area contributed by atoms with Crippen LogP contribution in [0.25, 0.3) is 0 Å². The molecular weight excluding hydrogens is 436 g/mol. The van der Waals surface area contributed by atoms with Gasteiger partial charge in [0.2, 0.25) is 0 Å². The number of hydrogen-bond acceptors (Lipinski definition) is 1. The molecule has 0 amide bonds. The van der Waals surface area contributed by atoms with E-state index in [-0.39, 0.29) is 0 Å². The lowest BCUT2D eigenvalue weighted by Crippen LogP contribution is -1.97. The molecule has 0 radical (unpaired) electrons. The van der Waals surface area contributed by atoms with Crippen molar-refractivity contribution in [2.75, 3.05) is 0 Å². The van der Waals surface area contributed by atoms with Gasteiger partial charge in [-0.15, -0.1) is 0 Å². The summed E-state index contributed by atoms with van der Waals surface area (Å²) < 4.78 is 0. The molecule has 0 unspecified atom stereocenters. The van der Waals surface area contributed by atoms with Crippen molar-refractivity contribution < 1.29 is 4.79 Å². The molecule has 0 aliphatic carbocycles. The van der Waals surface area contributed by atoms with Crippen molar-refractivity contribution in [3.8, 4) is 0 Å². The minimum atomic E-state index is 0.516. The Morgan fingerprint density at radius 2 is 0.611 bits per heavy atom. The van der Waals surface area contributed by atoms with E-state index in [1.165, 1.54) is 167 Å². The average molecular weight is 505 g/mol. The second-order valence-corrected chi connectivity index (χ2v) is 11.6. The van der Waals surface area contributed by atoms with Gasteiger partial charge in [0.1, 0.15) is 5.78 Å². The van der Waals surface area contributed by atoms with Gasteiger partial charge < -0.3 is 0 Å². The first-order chi connectivity index (χ1) is 17.8. The third kappa shape index (κ3) is 31.4. The van der Waals surface area contributed by atoms with Gasteiger partial charge in [-0.05, 0) is 38.5 Å². The SMILES string of the molecule is CCCCCCCC/C=C/CCCCCCCC(=O)CCCCCCCCCCCCCCCCC. The second kappa shape index (κ2) is 32.4. The molecule has 0 atom stereocenters. The largest absolute Gasteiger partial charge is 0.300 e. The summed E-state index contributed by atoms with van der Waals surface area (Å²) in [5.74, 6) is 0.516. The van der Waals surface area contributed by atoms with E-state index in [4.69, 9.17) is 0 Å². The van der Waals surface area contributed by atoms with Crippen LogP contribution >= 0.6 is 0 Å². The van der Waals surface area contributed by atoms with Crippen LogP contribution in [-0.2, 0) is 4.79 Å². The van der Waals surface area contributed by atoms with Crippen molar-refractivity contribution >= 4 is 5.78 Å². The van der Waals surface area contributed by atoms with E-state index >= 15 is 0 Å². The average Bonchev–Trinajstić information content (AvgIpc) is 2.88. The van der Waals surface area contributed by atoms with Crippen LogP contribution in [0.15, 0.2) is 12.2 Å². The molecule has 1 heteroatoms. The van der Waals surface area contributed by atoms with E-state index in [2.05, 4.69) is 26.0 Å². The van der Waals surface area contributed by atoms with Crippen molar-refractivity contribution in [1.29, 1.82) is 0 Å². The predicted octanol–water partition coefficient (Wildman–Crippen LogP) is 12.9. The fourth-order valence-corrected chi connectivity index (χ4v) is 5.21. The lowest BCUT2D eigenvalue weighted by atomic mass is 10.0. The van der Waals surface area contributed by atoms with Crippen LogP contribution in [-0.4, -0.2) is 5.78 Å². The van der Waals surface area contributed by atoms with E-state index in [1.54, 1.807) is 0 Å². The first-order valence-corrected chi connectivity index (χ1v) is 17.0. The molecule has 0 aromatic carbocycles. The Labute approximate surface area is 229 Å². The summed E-state index contributed by atoms with van der Waals surface area (Å²) >= 11 is 0. The number of ketones is 1. The van der Waals surface area contributed by atoms with Crippen LogP contribution in [0.4, 0.5) is 0 Å². The highest BCUT2D eigenvalue weighted by molar-refractivity contribution is 5.78. The van der Waals surface area contributed by atoms with Crippen molar-refractivity contribution in [2.45, 2.75) is 206 Å². The molecule has 0 aromatic rings. The molecule has 0 N–H and O–H groups in total. The number of carbonyl (C=O) groups is 1. The molecule has 1 nitrogen and oxygen atoms in total. The fraction of sp³-hybridized carbons (Fsp3) is 0.914. The maximum atomic E-state index is 12.1. The Morgan fingerprint density at radius 3 is 0.917 bits per heavy atom. The Balaban J connectivity index is 3.19. The van der Waals surface area contributed by atoms with Crippen molar-refractivity contribution in [1.82, 2.24) is 0 Å². The molecule has 0 aromatic heterocycles. The quantitative estimate of drug-likeness (QED) is 0.0677. The predicted molar refractivity (Wildman–Crippen MR) is 164 cm³/mol. The van der Waals surface area contributed by atoms with Gasteiger partial charge in [-0.3, -0.25) is 4.79 Å². The minimum absolute atomic E-state index is 0.516. The molecule has 0 spiro atoms. The summed E-state index contributed by atoms with van der Waals surface area (Å²) in [6, 6.07) is 0. The molecule has 0 bridgehead atoms. The maximum Gasteiger partial charge on any atom is 0.132 e. The van der Waals surface area contributed by atoms with Crippen LogP contribution < -0.4 is 0 Å². The third-order valence-electron chi connectivity index (χ3n) is 7.78. The zero-order valence-electron chi connectivity index (χ0n) is 25.3. The van der Waals surface area contributed by atoms with E-state index in [0.29, 0.717) is 5.78 Å². The molecule has 0 heterocycles. The number of carbonyl (C=O) groups excluding carboxylic acids is 1. The third-order valence-corrected chi connectivity index (χ3v) is 7.78. The highest BCUT2D eigenvalue weighted by atomic mass is 16.1. The van der Waals surface area contributed by atoms with E-state index < -0.39 is 0 Å². The van der Waals surface area contributed by atoms with Crippen molar-refractivity contribution in [3.63, 3.8) is 0 Å². The highest BCUT2D eigenvalue weighted by Gasteiger charge is 2.02. The zero-order chi connectivity index (χ0) is 26.2. The second-order valence-electron chi connectivity index (χ2n) is 11.6. The first kappa shape index (κ1) is 35.4. The Kier molecular flexibility index (Phi) is 31.9. The molecule has 0 saturated carbocycles. The summed E-state index contributed by atoms with van der Waals surface area (Å²) in [6.45, 7) is 4.57. The molecule has 0 saturated heterocycles. The number of rotatable bonds is 31. The monoisotopic (exact) mass is 505 g/mol. The number of Topliss-reactive ketones (excluding diaryl/α,β-unsaturated/α-hetero) is 1. The number of allylic oxidation sites excluding steroid dienone is 2. The standard InChI is InChI=1S/C35H68O/c1-3-5-7-9-11-13-15-17-19-21-23-25-27-29-31-33-35(36)34-32-30-28-26-24-22-20-18-16-14-12-10-8-6-4-2/h17,19H,3-16,18,20-34H2,1-2H3/b19-17+. The lowest BCUT2D eigenvalue weighted by molar-refractivity contribution is -0.119. The number of hydrogen-bond donors (Lipinski definition) is 0. The summed E-state index contributed by atoms with van der Waals surface area (Å²) in [5, 5.41) is 0. The van der Waals surface area contributed by atoms with E-state index in [0.717, 1.165) is 25.7 Å². The van der Waals surface area contributed by atoms with Gasteiger partial charge >= 0.3 is 0 Å². The topological polar surface area (TPSA) is 17.1 Å². The lowest BCUT2D eigenvalue weighted by Gasteiger charge is -2.04. The van der Waals surface area contributed by atoms with Crippen LogP contribution in [0.2, 0.25) is 0 Å². The molecular formula is C35H68O.